The van der Waals surface area contributed by atoms with Gasteiger partial charge in [-0.05, 0) is 6.07 Å². The second-order valence-corrected chi connectivity index (χ2v) is 6.01. The van der Waals surface area contributed by atoms with Crippen molar-refractivity contribution >= 4 is 33.0 Å². The smallest absolute Gasteiger partial charge is 0.336 e. The molecule has 2 aromatic rings. The average Bonchev–Trinajstić information content (AvgIpc) is 2.79. The number of nitrogens with zero attached hydrogens (tertiary/aromatic N) is 2. The van der Waals surface area contributed by atoms with E-state index in [-0.39, 0.29) is 15.5 Å². The number of carboxylic acids is 1. The topological polar surface area (TPSA) is 109 Å². The Balaban J connectivity index is 2.28. The van der Waals surface area contributed by atoms with Crippen molar-refractivity contribution in [3.63, 3.8) is 0 Å². The van der Waals surface area contributed by atoms with Crippen LogP contribution in [0.5, 0.6) is 0 Å². The van der Waals surface area contributed by atoms with Crippen molar-refractivity contribution in [2.45, 2.75) is 4.21 Å². The van der Waals surface area contributed by atoms with Crippen LogP contribution in [0.15, 0.2) is 34.4 Å². The standard InChI is InChI=1S/C9H7N3O4S2/c13-9(14)6-1-8(17-4-6)18(15,16)12-7-2-10-5-11-3-7/h1-5,12H,(H,13,14). The highest BCUT2D eigenvalue weighted by Crippen LogP contribution is 2.22. The minimum Gasteiger partial charge on any atom is -0.478 e. The number of hydrogen-bond donors (Lipinski definition) is 2. The second-order valence-electron chi connectivity index (χ2n) is 3.19. The van der Waals surface area contributed by atoms with Crippen LogP contribution in [-0.4, -0.2) is 29.5 Å². The predicted molar refractivity (Wildman–Crippen MR) is 64.1 cm³/mol. The molecule has 2 rings (SSSR count). The van der Waals surface area contributed by atoms with E-state index in [4.69, 9.17) is 5.11 Å². The number of carboxylic acid groups (broad SMARTS) is 1. The van der Waals surface area contributed by atoms with Crippen LogP contribution < -0.4 is 4.72 Å². The molecule has 2 heterocycles. The fraction of sp³-hybridized carbons (Fsp3) is 0. The van der Waals surface area contributed by atoms with Crippen molar-refractivity contribution in [1.82, 2.24) is 9.97 Å². The fourth-order valence-corrected chi connectivity index (χ4v) is 3.31. The molecule has 0 fully saturated rings. The van der Waals surface area contributed by atoms with Crippen LogP contribution in [0.3, 0.4) is 0 Å². The van der Waals surface area contributed by atoms with E-state index < -0.39 is 16.0 Å². The van der Waals surface area contributed by atoms with Gasteiger partial charge in [-0.2, -0.15) is 0 Å². The van der Waals surface area contributed by atoms with Crippen LogP contribution in [0.25, 0.3) is 0 Å². The van der Waals surface area contributed by atoms with E-state index in [2.05, 4.69) is 14.7 Å². The van der Waals surface area contributed by atoms with Gasteiger partial charge in [-0.1, -0.05) is 0 Å². The van der Waals surface area contributed by atoms with Crippen molar-refractivity contribution in [2.24, 2.45) is 0 Å². The molecule has 0 saturated carbocycles. The molecule has 0 bridgehead atoms. The Morgan fingerprint density at radius 1 is 1.33 bits per heavy atom. The first-order valence-corrected chi connectivity index (χ1v) is 6.95. The molecule has 0 radical (unpaired) electrons. The summed E-state index contributed by atoms with van der Waals surface area (Å²) >= 11 is 0.832. The number of anilines is 1. The van der Waals surface area contributed by atoms with Gasteiger partial charge in [-0.25, -0.2) is 23.2 Å². The van der Waals surface area contributed by atoms with Crippen molar-refractivity contribution < 1.29 is 18.3 Å². The van der Waals surface area contributed by atoms with Crippen molar-refractivity contribution in [3.8, 4) is 0 Å². The van der Waals surface area contributed by atoms with Crippen LogP contribution in [-0.2, 0) is 10.0 Å². The lowest BCUT2D eigenvalue weighted by atomic mass is 10.4. The number of rotatable bonds is 4. The normalized spacial score (nSPS) is 11.1. The molecule has 94 valence electrons. The second kappa shape index (κ2) is 4.70. The monoisotopic (exact) mass is 285 g/mol. The Morgan fingerprint density at radius 3 is 2.56 bits per heavy atom. The zero-order valence-electron chi connectivity index (χ0n) is 8.77. The third kappa shape index (κ3) is 2.63. The first-order valence-electron chi connectivity index (χ1n) is 4.59. The number of carbonyl (C=O) groups is 1. The van der Waals surface area contributed by atoms with Gasteiger partial charge in [0.05, 0.1) is 23.6 Å². The van der Waals surface area contributed by atoms with Gasteiger partial charge in [0.1, 0.15) is 10.5 Å². The molecule has 0 spiro atoms. The van der Waals surface area contributed by atoms with Gasteiger partial charge in [-0.15, -0.1) is 11.3 Å². The van der Waals surface area contributed by atoms with Gasteiger partial charge in [0, 0.05) is 5.38 Å². The molecular weight excluding hydrogens is 278 g/mol. The summed E-state index contributed by atoms with van der Waals surface area (Å²) in [6, 6.07) is 1.10. The summed E-state index contributed by atoms with van der Waals surface area (Å²) in [5, 5.41) is 9.99. The highest BCUT2D eigenvalue weighted by Gasteiger charge is 2.19. The molecule has 0 aliphatic carbocycles. The summed E-state index contributed by atoms with van der Waals surface area (Å²) in [6.45, 7) is 0. The quantitative estimate of drug-likeness (QED) is 0.868. The molecule has 0 unspecified atom stereocenters. The van der Waals surface area contributed by atoms with Gasteiger partial charge in [-0.3, -0.25) is 4.72 Å². The number of hydrogen-bond acceptors (Lipinski definition) is 6. The third-order valence-corrected chi connectivity index (χ3v) is 4.72. The minimum absolute atomic E-state index is 0.0651. The largest absolute Gasteiger partial charge is 0.478 e. The molecule has 0 aliphatic heterocycles. The summed E-state index contributed by atoms with van der Waals surface area (Å²) in [6.07, 6.45) is 3.87. The maximum atomic E-state index is 11.9. The summed E-state index contributed by atoms with van der Waals surface area (Å²) in [5.41, 5.74) is 0.146. The summed E-state index contributed by atoms with van der Waals surface area (Å²) in [7, 11) is -3.80. The Labute approximate surface area is 106 Å². The molecule has 2 aromatic heterocycles. The molecular formula is C9H7N3O4S2. The van der Waals surface area contributed by atoms with Crippen LogP contribution in [0.2, 0.25) is 0 Å². The third-order valence-electron chi connectivity index (χ3n) is 1.90. The molecule has 7 nitrogen and oxygen atoms in total. The van der Waals surface area contributed by atoms with Crippen molar-refractivity contribution in [2.75, 3.05) is 4.72 Å². The maximum Gasteiger partial charge on any atom is 0.336 e. The summed E-state index contributed by atoms with van der Waals surface area (Å²) in [4.78, 5) is 18.0. The van der Waals surface area contributed by atoms with E-state index in [0.29, 0.717) is 0 Å². The lowest BCUT2D eigenvalue weighted by Gasteiger charge is -2.04. The summed E-state index contributed by atoms with van der Waals surface area (Å²) in [5.74, 6) is -1.17. The lowest BCUT2D eigenvalue weighted by Crippen LogP contribution is -2.11. The van der Waals surface area contributed by atoms with Gasteiger partial charge in [0.25, 0.3) is 10.0 Å². The molecule has 0 aliphatic rings. The average molecular weight is 285 g/mol. The molecule has 0 atom stereocenters. The lowest BCUT2D eigenvalue weighted by molar-refractivity contribution is 0.0697. The van der Waals surface area contributed by atoms with E-state index in [0.717, 1.165) is 17.4 Å². The molecule has 0 aromatic carbocycles. The minimum atomic E-state index is -3.80. The van der Waals surface area contributed by atoms with E-state index in [1.807, 2.05) is 0 Å². The molecule has 0 saturated heterocycles. The van der Waals surface area contributed by atoms with Crippen LogP contribution >= 0.6 is 11.3 Å². The molecule has 0 amide bonds. The Kier molecular flexibility index (Phi) is 3.26. The Bertz CT molecular complexity index is 666. The highest BCUT2D eigenvalue weighted by molar-refractivity contribution is 7.94. The number of thiophene rings is 1. The Morgan fingerprint density at radius 2 is 2.00 bits per heavy atom. The molecule has 9 heteroatoms. The predicted octanol–water partition coefficient (Wildman–Crippen LogP) is 1.04. The van der Waals surface area contributed by atoms with Crippen LogP contribution in [0, 0.1) is 0 Å². The summed E-state index contributed by atoms with van der Waals surface area (Å²) < 4.78 is 25.9. The van der Waals surface area contributed by atoms with E-state index >= 15 is 0 Å². The van der Waals surface area contributed by atoms with Gasteiger partial charge in [0.2, 0.25) is 0 Å². The zero-order valence-corrected chi connectivity index (χ0v) is 10.4. The Hall–Kier alpha value is -2.00. The SMILES string of the molecule is O=C(O)c1csc(S(=O)(=O)Nc2cncnc2)c1. The first-order chi connectivity index (χ1) is 8.49. The number of nitrogens with one attached hydrogen (secondary N) is 1. The van der Waals surface area contributed by atoms with E-state index in [9.17, 15) is 13.2 Å². The van der Waals surface area contributed by atoms with E-state index in [1.165, 1.54) is 24.1 Å². The van der Waals surface area contributed by atoms with Crippen molar-refractivity contribution in [3.05, 3.63) is 35.7 Å². The zero-order chi connectivity index (χ0) is 13.2. The van der Waals surface area contributed by atoms with Crippen molar-refractivity contribution in [1.29, 1.82) is 0 Å². The van der Waals surface area contributed by atoms with E-state index in [1.54, 1.807) is 0 Å². The number of aromatic nitrogens is 2. The van der Waals surface area contributed by atoms with Gasteiger partial charge in [0.15, 0.2) is 0 Å². The van der Waals surface area contributed by atoms with Crippen LogP contribution in [0.4, 0.5) is 5.69 Å². The van der Waals surface area contributed by atoms with Gasteiger partial charge < -0.3 is 5.11 Å². The van der Waals surface area contributed by atoms with Gasteiger partial charge >= 0.3 is 5.97 Å². The molecule has 2 N–H and O–H groups in total. The highest BCUT2D eigenvalue weighted by atomic mass is 32.2. The number of aromatic carboxylic acids is 1. The van der Waals surface area contributed by atoms with Crippen LogP contribution in [0.1, 0.15) is 10.4 Å². The molecule has 18 heavy (non-hydrogen) atoms. The fourth-order valence-electron chi connectivity index (χ4n) is 1.13. The maximum absolute atomic E-state index is 11.9. The number of sulfonamides is 1. The first kappa shape index (κ1) is 12.5.